The van der Waals surface area contributed by atoms with Gasteiger partial charge in [-0.1, -0.05) is 0 Å². The second kappa shape index (κ2) is 7.31. The van der Waals surface area contributed by atoms with E-state index in [-0.39, 0.29) is 37.3 Å². The molecule has 0 saturated carbocycles. The highest BCUT2D eigenvalue weighted by molar-refractivity contribution is 5.78. The van der Waals surface area contributed by atoms with E-state index in [1.165, 1.54) is 0 Å². The van der Waals surface area contributed by atoms with Crippen LogP contribution in [-0.2, 0) is 14.3 Å². The molecule has 0 spiro atoms. The van der Waals surface area contributed by atoms with E-state index >= 15 is 0 Å². The lowest BCUT2D eigenvalue weighted by Gasteiger charge is -2.05. The maximum absolute atomic E-state index is 11.3. The molecule has 0 aliphatic carbocycles. The lowest BCUT2D eigenvalue weighted by atomic mass is 10.4. The number of aromatic nitrogens is 1. The zero-order valence-electron chi connectivity index (χ0n) is 10.4. The number of hydrogen-bond acceptors (Lipinski definition) is 6. The largest absolute Gasteiger partial charge is 0.466 e. The van der Waals surface area contributed by atoms with Gasteiger partial charge in [-0.05, 0) is 19.0 Å². The van der Waals surface area contributed by atoms with Gasteiger partial charge in [0.15, 0.2) is 6.61 Å². The van der Waals surface area contributed by atoms with Crippen LogP contribution in [0.3, 0.4) is 0 Å². The first-order valence-electron chi connectivity index (χ1n) is 5.60. The number of aryl methyl sites for hydroxylation is 1. The molecule has 1 aromatic heterocycles. The SMILES string of the molecule is CCOC(=O)CCNC(=O)COc1cc(C)on1. The van der Waals surface area contributed by atoms with Crippen molar-refractivity contribution in [3.8, 4) is 5.88 Å². The van der Waals surface area contributed by atoms with E-state index in [4.69, 9.17) is 14.0 Å². The molecule has 0 radical (unpaired) electrons. The van der Waals surface area contributed by atoms with E-state index in [9.17, 15) is 9.59 Å². The summed E-state index contributed by atoms with van der Waals surface area (Å²) in [6, 6.07) is 1.58. The summed E-state index contributed by atoms with van der Waals surface area (Å²) in [5.41, 5.74) is 0. The van der Waals surface area contributed by atoms with Gasteiger partial charge in [-0.15, -0.1) is 0 Å². The number of carbonyl (C=O) groups excluding carboxylic acids is 2. The Labute approximate surface area is 104 Å². The lowest BCUT2D eigenvalue weighted by molar-refractivity contribution is -0.143. The average Bonchev–Trinajstić information content (AvgIpc) is 2.73. The van der Waals surface area contributed by atoms with Crippen molar-refractivity contribution in [3.63, 3.8) is 0 Å². The Morgan fingerprint density at radius 1 is 1.50 bits per heavy atom. The van der Waals surface area contributed by atoms with Gasteiger partial charge in [0.05, 0.1) is 13.0 Å². The van der Waals surface area contributed by atoms with Crippen LogP contribution in [0.25, 0.3) is 0 Å². The smallest absolute Gasteiger partial charge is 0.307 e. The Morgan fingerprint density at radius 2 is 2.28 bits per heavy atom. The topological polar surface area (TPSA) is 90.7 Å². The summed E-state index contributed by atoms with van der Waals surface area (Å²) in [5.74, 6) is 0.187. The number of amides is 1. The number of nitrogens with one attached hydrogen (secondary N) is 1. The Bertz CT molecular complexity index is 402. The Hall–Kier alpha value is -2.05. The third kappa shape index (κ3) is 5.33. The van der Waals surface area contributed by atoms with Gasteiger partial charge in [0, 0.05) is 12.6 Å². The van der Waals surface area contributed by atoms with Gasteiger partial charge in [0.1, 0.15) is 5.76 Å². The van der Waals surface area contributed by atoms with Crippen molar-refractivity contribution in [2.45, 2.75) is 20.3 Å². The van der Waals surface area contributed by atoms with Crippen LogP contribution < -0.4 is 10.1 Å². The van der Waals surface area contributed by atoms with E-state index < -0.39 is 0 Å². The monoisotopic (exact) mass is 256 g/mol. The standard InChI is InChI=1S/C11H16N2O5/c1-3-16-11(15)4-5-12-9(14)7-17-10-6-8(2)18-13-10/h6H,3-5,7H2,1-2H3,(H,12,14). The van der Waals surface area contributed by atoms with Crippen molar-refractivity contribution in [3.05, 3.63) is 11.8 Å². The summed E-state index contributed by atoms with van der Waals surface area (Å²) in [5, 5.41) is 6.10. The first-order chi connectivity index (χ1) is 8.61. The predicted molar refractivity (Wildman–Crippen MR) is 61.0 cm³/mol. The summed E-state index contributed by atoms with van der Waals surface area (Å²) in [6.45, 7) is 3.83. The molecular weight excluding hydrogens is 240 g/mol. The molecule has 0 atom stereocenters. The molecular formula is C11H16N2O5. The van der Waals surface area contributed by atoms with Gasteiger partial charge in [0.2, 0.25) is 0 Å². The second-order valence-corrected chi connectivity index (χ2v) is 3.47. The van der Waals surface area contributed by atoms with Crippen molar-refractivity contribution in [2.24, 2.45) is 0 Å². The maximum atomic E-state index is 11.3. The highest BCUT2D eigenvalue weighted by Gasteiger charge is 2.07. The summed E-state index contributed by atoms with van der Waals surface area (Å²) in [7, 11) is 0. The zero-order chi connectivity index (χ0) is 13.4. The fourth-order valence-electron chi connectivity index (χ4n) is 1.14. The molecule has 0 aromatic carbocycles. The Kier molecular flexibility index (Phi) is 5.69. The van der Waals surface area contributed by atoms with Crippen LogP contribution in [-0.4, -0.2) is 36.8 Å². The fourth-order valence-corrected chi connectivity index (χ4v) is 1.14. The number of ether oxygens (including phenoxy) is 2. The molecule has 0 fully saturated rings. The third-order valence-corrected chi connectivity index (χ3v) is 1.91. The Morgan fingerprint density at radius 3 is 2.89 bits per heavy atom. The van der Waals surface area contributed by atoms with E-state index in [0.717, 1.165) is 0 Å². The highest BCUT2D eigenvalue weighted by atomic mass is 16.5. The first-order valence-corrected chi connectivity index (χ1v) is 5.60. The molecule has 1 aromatic rings. The molecule has 100 valence electrons. The number of rotatable bonds is 7. The molecule has 0 aliphatic rings. The maximum Gasteiger partial charge on any atom is 0.307 e. The minimum Gasteiger partial charge on any atom is -0.466 e. The van der Waals surface area contributed by atoms with Crippen LogP contribution in [0.2, 0.25) is 0 Å². The third-order valence-electron chi connectivity index (χ3n) is 1.91. The normalized spacial score (nSPS) is 9.89. The number of esters is 1. The van der Waals surface area contributed by atoms with Gasteiger partial charge >= 0.3 is 5.97 Å². The fraction of sp³-hybridized carbons (Fsp3) is 0.545. The second-order valence-electron chi connectivity index (χ2n) is 3.47. The summed E-state index contributed by atoms with van der Waals surface area (Å²) in [6.07, 6.45) is 0.142. The molecule has 1 rings (SSSR count). The summed E-state index contributed by atoms with van der Waals surface area (Å²) >= 11 is 0. The molecule has 1 heterocycles. The van der Waals surface area contributed by atoms with Gasteiger partial charge in [-0.3, -0.25) is 9.59 Å². The Balaban J connectivity index is 2.12. The molecule has 1 N–H and O–H groups in total. The molecule has 7 nitrogen and oxygen atoms in total. The minimum atomic E-state index is -0.342. The molecule has 0 bridgehead atoms. The number of nitrogens with zero attached hydrogens (tertiary/aromatic N) is 1. The number of carbonyl (C=O) groups is 2. The van der Waals surface area contributed by atoms with Crippen molar-refractivity contribution in [2.75, 3.05) is 19.8 Å². The van der Waals surface area contributed by atoms with Crippen molar-refractivity contribution in [1.82, 2.24) is 10.5 Å². The lowest BCUT2D eigenvalue weighted by Crippen LogP contribution is -2.31. The van der Waals surface area contributed by atoms with Crippen molar-refractivity contribution in [1.29, 1.82) is 0 Å². The summed E-state index contributed by atoms with van der Waals surface area (Å²) in [4.78, 5) is 22.3. The van der Waals surface area contributed by atoms with E-state index in [0.29, 0.717) is 12.4 Å². The van der Waals surface area contributed by atoms with E-state index in [2.05, 4.69) is 10.5 Å². The van der Waals surface area contributed by atoms with Crippen LogP contribution in [0.5, 0.6) is 5.88 Å². The molecule has 0 unspecified atom stereocenters. The van der Waals surface area contributed by atoms with E-state index in [1.54, 1.807) is 19.9 Å². The van der Waals surface area contributed by atoms with Gasteiger partial charge < -0.3 is 19.3 Å². The minimum absolute atomic E-state index is 0.142. The van der Waals surface area contributed by atoms with Gasteiger partial charge in [-0.2, -0.15) is 0 Å². The predicted octanol–water partition coefficient (Wildman–Crippen LogP) is 0.431. The van der Waals surface area contributed by atoms with Crippen molar-refractivity contribution >= 4 is 11.9 Å². The molecule has 7 heteroatoms. The van der Waals surface area contributed by atoms with Crippen LogP contribution in [0.15, 0.2) is 10.6 Å². The van der Waals surface area contributed by atoms with Crippen LogP contribution >= 0.6 is 0 Å². The highest BCUT2D eigenvalue weighted by Crippen LogP contribution is 2.09. The van der Waals surface area contributed by atoms with Gasteiger partial charge in [-0.25, -0.2) is 0 Å². The summed E-state index contributed by atoms with van der Waals surface area (Å²) < 4.78 is 14.5. The van der Waals surface area contributed by atoms with Crippen molar-refractivity contribution < 1.29 is 23.6 Å². The molecule has 18 heavy (non-hydrogen) atoms. The van der Waals surface area contributed by atoms with E-state index in [1.807, 2.05) is 0 Å². The average molecular weight is 256 g/mol. The quantitative estimate of drug-likeness (QED) is 0.711. The molecule has 0 saturated heterocycles. The van der Waals surface area contributed by atoms with Crippen LogP contribution in [0.1, 0.15) is 19.1 Å². The number of hydrogen-bond donors (Lipinski definition) is 1. The first kappa shape index (κ1) is 14.0. The molecule has 1 amide bonds. The van der Waals surface area contributed by atoms with Crippen LogP contribution in [0, 0.1) is 6.92 Å². The zero-order valence-corrected chi connectivity index (χ0v) is 10.4. The molecule has 0 aliphatic heterocycles. The van der Waals surface area contributed by atoms with Gasteiger partial charge in [0.25, 0.3) is 11.8 Å². The van der Waals surface area contributed by atoms with Crippen LogP contribution in [0.4, 0.5) is 0 Å².